The fraction of sp³-hybridized carbons (Fsp3) is 0.600. The monoisotopic (exact) mass is 219 g/mol. The van der Waals surface area contributed by atoms with Gasteiger partial charge in [-0.1, -0.05) is 62.9 Å². The van der Waals surface area contributed by atoms with E-state index in [2.05, 4.69) is 45.0 Å². The molecule has 0 saturated heterocycles. The lowest BCUT2D eigenvalue weighted by Crippen LogP contribution is -2.21. The first-order chi connectivity index (χ1) is 7.69. The highest BCUT2D eigenvalue weighted by Gasteiger charge is 2.17. The molecule has 2 unspecified atom stereocenters. The van der Waals surface area contributed by atoms with Crippen molar-refractivity contribution in [2.45, 2.75) is 52.5 Å². The molecule has 16 heavy (non-hydrogen) atoms. The standard InChI is InChI=1S/C15H25N/c1-4-6-9-13(5-2)15(16)14-10-7-8-12(3)11-14/h7-8,10-11,13,15H,4-6,9,16H2,1-3H3. The maximum absolute atomic E-state index is 6.36. The van der Waals surface area contributed by atoms with Crippen molar-refractivity contribution in [1.82, 2.24) is 0 Å². The second-order valence-corrected chi connectivity index (χ2v) is 4.75. The zero-order chi connectivity index (χ0) is 12.0. The summed E-state index contributed by atoms with van der Waals surface area (Å²) in [4.78, 5) is 0. The van der Waals surface area contributed by atoms with E-state index in [-0.39, 0.29) is 6.04 Å². The van der Waals surface area contributed by atoms with Gasteiger partial charge < -0.3 is 5.73 Å². The Kier molecular flexibility index (Phi) is 5.54. The second kappa shape index (κ2) is 6.70. The lowest BCUT2D eigenvalue weighted by Gasteiger charge is -2.23. The van der Waals surface area contributed by atoms with Gasteiger partial charge in [0, 0.05) is 6.04 Å². The van der Waals surface area contributed by atoms with Gasteiger partial charge >= 0.3 is 0 Å². The Labute approximate surface area is 100 Å². The van der Waals surface area contributed by atoms with Gasteiger partial charge in [-0.25, -0.2) is 0 Å². The van der Waals surface area contributed by atoms with Crippen molar-refractivity contribution in [2.75, 3.05) is 0 Å². The number of nitrogens with two attached hydrogens (primary N) is 1. The van der Waals surface area contributed by atoms with Crippen LogP contribution in [0.3, 0.4) is 0 Å². The van der Waals surface area contributed by atoms with Gasteiger partial charge in [-0.3, -0.25) is 0 Å². The van der Waals surface area contributed by atoms with E-state index in [9.17, 15) is 0 Å². The van der Waals surface area contributed by atoms with Crippen LogP contribution in [-0.2, 0) is 0 Å². The molecular weight excluding hydrogens is 194 g/mol. The van der Waals surface area contributed by atoms with E-state index in [0.29, 0.717) is 5.92 Å². The molecule has 0 radical (unpaired) electrons. The van der Waals surface area contributed by atoms with E-state index in [4.69, 9.17) is 5.73 Å². The number of benzene rings is 1. The minimum Gasteiger partial charge on any atom is -0.324 e. The van der Waals surface area contributed by atoms with Crippen molar-refractivity contribution in [1.29, 1.82) is 0 Å². The fourth-order valence-corrected chi connectivity index (χ4v) is 2.25. The topological polar surface area (TPSA) is 26.0 Å². The number of rotatable bonds is 6. The molecule has 1 aromatic rings. The normalized spacial score (nSPS) is 14.8. The van der Waals surface area contributed by atoms with Crippen LogP contribution >= 0.6 is 0 Å². The Balaban J connectivity index is 2.70. The average Bonchev–Trinajstić information content (AvgIpc) is 2.29. The lowest BCUT2D eigenvalue weighted by molar-refractivity contribution is 0.378. The third-order valence-corrected chi connectivity index (χ3v) is 3.39. The van der Waals surface area contributed by atoms with Crippen molar-refractivity contribution < 1.29 is 0 Å². The fourth-order valence-electron chi connectivity index (χ4n) is 2.25. The van der Waals surface area contributed by atoms with E-state index in [1.807, 2.05) is 0 Å². The van der Waals surface area contributed by atoms with Crippen molar-refractivity contribution in [2.24, 2.45) is 11.7 Å². The molecule has 0 spiro atoms. The van der Waals surface area contributed by atoms with Gasteiger partial charge in [0.25, 0.3) is 0 Å². The Morgan fingerprint density at radius 1 is 1.25 bits per heavy atom. The van der Waals surface area contributed by atoms with Gasteiger partial charge in [0.2, 0.25) is 0 Å². The summed E-state index contributed by atoms with van der Waals surface area (Å²) in [7, 11) is 0. The molecule has 1 aromatic carbocycles. The Hall–Kier alpha value is -0.820. The Morgan fingerprint density at radius 2 is 2.00 bits per heavy atom. The number of unbranched alkanes of at least 4 members (excludes halogenated alkanes) is 1. The lowest BCUT2D eigenvalue weighted by atomic mass is 9.87. The van der Waals surface area contributed by atoms with Crippen LogP contribution in [0.15, 0.2) is 24.3 Å². The van der Waals surface area contributed by atoms with Crippen molar-refractivity contribution in [3.8, 4) is 0 Å². The Bertz CT molecular complexity index is 306. The molecule has 1 rings (SSSR count). The summed E-state index contributed by atoms with van der Waals surface area (Å²) in [5.74, 6) is 0.627. The first-order valence-corrected chi connectivity index (χ1v) is 6.51. The molecule has 0 fully saturated rings. The van der Waals surface area contributed by atoms with Gasteiger partial charge in [-0.15, -0.1) is 0 Å². The minimum absolute atomic E-state index is 0.205. The van der Waals surface area contributed by atoms with E-state index in [1.165, 1.54) is 36.8 Å². The highest BCUT2D eigenvalue weighted by Crippen LogP contribution is 2.27. The SMILES string of the molecule is CCCCC(CC)C(N)c1cccc(C)c1. The first kappa shape index (κ1) is 13.2. The molecule has 1 nitrogen and oxygen atoms in total. The van der Waals surface area contributed by atoms with E-state index < -0.39 is 0 Å². The van der Waals surface area contributed by atoms with Gasteiger partial charge in [0.15, 0.2) is 0 Å². The third-order valence-electron chi connectivity index (χ3n) is 3.39. The van der Waals surface area contributed by atoms with Crippen LogP contribution in [-0.4, -0.2) is 0 Å². The molecule has 0 heterocycles. The number of aryl methyl sites for hydroxylation is 1. The zero-order valence-corrected chi connectivity index (χ0v) is 10.9. The van der Waals surface area contributed by atoms with Crippen molar-refractivity contribution in [3.63, 3.8) is 0 Å². The quantitative estimate of drug-likeness (QED) is 0.762. The second-order valence-electron chi connectivity index (χ2n) is 4.75. The summed E-state index contributed by atoms with van der Waals surface area (Å²) < 4.78 is 0. The summed E-state index contributed by atoms with van der Waals surface area (Å²) in [5, 5.41) is 0. The minimum atomic E-state index is 0.205. The molecule has 0 aliphatic heterocycles. The van der Waals surface area contributed by atoms with Crippen molar-refractivity contribution in [3.05, 3.63) is 35.4 Å². The molecular formula is C15H25N. The molecule has 0 saturated carbocycles. The predicted octanol–water partition coefficient (Wildman–Crippen LogP) is 4.21. The highest BCUT2D eigenvalue weighted by atomic mass is 14.6. The molecule has 1 heteroatoms. The molecule has 2 atom stereocenters. The number of hydrogen-bond donors (Lipinski definition) is 1. The predicted molar refractivity (Wildman–Crippen MR) is 71.4 cm³/mol. The van der Waals surface area contributed by atoms with Gasteiger partial charge in [-0.05, 0) is 24.8 Å². The van der Waals surface area contributed by atoms with Crippen LogP contribution in [0.5, 0.6) is 0 Å². The molecule has 0 amide bonds. The molecule has 90 valence electrons. The van der Waals surface area contributed by atoms with E-state index in [0.717, 1.165) is 0 Å². The molecule has 2 N–H and O–H groups in total. The van der Waals surface area contributed by atoms with Gasteiger partial charge in [0.1, 0.15) is 0 Å². The van der Waals surface area contributed by atoms with E-state index in [1.54, 1.807) is 0 Å². The zero-order valence-electron chi connectivity index (χ0n) is 10.9. The molecule has 0 aromatic heterocycles. The number of hydrogen-bond acceptors (Lipinski definition) is 1. The van der Waals surface area contributed by atoms with Crippen LogP contribution in [0, 0.1) is 12.8 Å². The van der Waals surface area contributed by atoms with Crippen molar-refractivity contribution >= 4 is 0 Å². The van der Waals surface area contributed by atoms with Crippen LogP contribution in [0.1, 0.15) is 56.7 Å². The molecule has 0 bridgehead atoms. The van der Waals surface area contributed by atoms with Gasteiger partial charge in [-0.2, -0.15) is 0 Å². The Morgan fingerprint density at radius 3 is 2.56 bits per heavy atom. The third kappa shape index (κ3) is 3.64. The highest BCUT2D eigenvalue weighted by molar-refractivity contribution is 5.25. The summed E-state index contributed by atoms with van der Waals surface area (Å²) in [5.41, 5.74) is 8.96. The van der Waals surface area contributed by atoms with Crippen LogP contribution in [0.25, 0.3) is 0 Å². The summed E-state index contributed by atoms with van der Waals surface area (Å²) >= 11 is 0. The summed E-state index contributed by atoms with van der Waals surface area (Å²) in [6, 6.07) is 8.82. The van der Waals surface area contributed by atoms with Crippen LogP contribution in [0.2, 0.25) is 0 Å². The van der Waals surface area contributed by atoms with Crippen LogP contribution < -0.4 is 5.73 Å². The van der Waals surface area contributed by atoms with Gasteiger partial charge in [0.05, 0.1) is 0 Å². The summed E-state index contributed by atoms with van der Waals surface area (Å²) in [6.07, 6.45) is 4.98. The maximum atomic E-state index is 6.36. The largest absolute Gasteiger partial charge is 0.324 e. The van der Waals surface area contributed by atoms with Crippen LogP contribution in [0.4, 0.5) is 0 Å². The molecule has 0 aliphatic carbocycles. The maximum Gasteiger partial charge on any atom is 0.0323 e. The first-order valence-electron chi connectivity index (χ1n) is 6.51. The van der Waals surface area contributed by atoms with E-state index >= 15 is 0 Å². The summed E-state index contributed by atoms with van der Waals surface area (Å²) in [6.45, 7) is 6.62. The molecule has 0 aliphatic rings. The average molecular weight is 219 g/mol. The smallest absolute Gasteiger partial charge is 0.0323 e.